The van der Waals surface area contributed by atoms with Crippen molar-refractivity contribution >= 4 is 93.0 Å². The first-order valence-electron chi connectivity index (χ1n) is 21.5. The highest BCUT2D eigenvalue weighted by Crippen LogP contribution is 2.34. The topological polar surface area (TPSA) is 247 Å². The van der Waals surface area contributed by atoms with Crippen LogP contribution in [0.2, 0.25) is 15.1 Å². The Morgan fingerprint density at radius 3 is 1.64 bits per heavy atom. The van der Waals surface area contributed by atoms with Crippen LogP contribution < -0.4 is 42.4 Å². The van der Waals surface area contributed by atoms with E-state index in [9.17, 15) is 36.7 Å². The van der Waals surface area contributed by atoms with Crippen molar-refractivity contribution in [3.8, 4) is 23.0 Å². The number of aliphatic imine (C=N–C) groups is 1. The number of nitrogens with one attached hydrogen (secondary N) is 4. The highest BCUT2D eigenvalue weighted by atomic mass is 127. The van der Waals surface area contributed by atoms with Crippen LogP contribution in [0, 0.1) is 23.3 Å². The van der Waals surface area contributed by atoms with Crippen LogP contribution in [-0.2, 0) is 19.1 Å². The van der Waals surface area contributed by atoms with Gasteiger partial charge in [-0.1, -0.05) is 69.9 Å². The van der Waals surface area contributed by atoms with Gasteiger partial charge in [0.25, 0.3) is 5.91 Å². The van der Waals surface area contributed by atoms with Gasteiger partial charge in [-0.2, -0.15) is 0 Å². The zero-order valence-electron chi connectivity index (χ0n) is 38.7. The monoisotopic (exact) mass is 1190 g/mol. The average molecular weight is 1190 g/mol. The molecule has 2 fully saturated rings. The summed E-state index contributed by atoms with van der Waals surface area (Å²) in [4.78, 5) is 49.4. The first-order valence-corrected chi connectivity index (χ1v) is 23.4. The average Bonchev–Trinajstić information content (AvgIpc) is 4.19. The van der Waals surface area contributed by atoms with Crippen LogP contribution in [0.3, 0.4) is 0 Å². The van der Waals surface area contributed by atoms with Crippen molar-refractivity contribution < 1.29 is 56.7 Å². The van der Waals surface area contributed by atoms with Gasteiger partial charge in [0.05, 0.1) is 20.3 Å². The van der Waals surface area contributed by atoms with E-state index >= 15 is 0 Å². The molecule has 3 aliphatic rings. The van der Waals surface area contributed by atoms with Crippen molar-refractivity contribution in [2.45, 2.75) is 31.3 Å². The number of carbonyl (C=O) groups is 4. The molecule has 8 N–H and O–H groups in total. The Morgan fingerprint density at radius 2 is 1.21 bits per heavy atom. The highest BCUT2D eigenvalue weighted by molar-refractivity contribution is 14.1. The van der Waals surface area contributed by atoms with E-state index in [0.717, 1.165) is 29.8 Å². The Bertz CT molecular complexity index is 2870. The van der Waals surface area contributed by atoms with Gasteiger partial charge < -0.3 is 40.3 Å². The SMILES string of the molecule is C.COc1cc(F)c([C@@H]2CNC(=O)[C@H]2N)c(F)c1.COc1cc(F)c([C@@H]2CNC(=O)[C@H]2Nc2nnc(-c3ccc(Cl)cc3)o2)c(F)c1.NNC(=O)c1ccc(Cl)cc1.O=C1CN=C(c2ccc(Cl)cc2)O1.[2H]CI. The van der Waals surface area contributed by atoms with E-state index in [4.69, 9.17) is 66.4 Å². The Labute approximate surface area is 446 Å². The molecule has 6 aromatic rings. The van der Waals surface area contributed by atoms with Gasteiger partial charge in [0.2, 0.25) is 23.6 Å². The van der Waals surface area contributed by atoms with Gasteiger partial charge in [-0.3, -0.25) is 19.8 Å². The van der Waals surface area contributed by atoms with Crippen LogP contribution in [0.4, 0.5) is 23.6 Å². The number of esters is 1. The van der Waals surface area contributed by atoms with Crippen LogP contribution in [0.5, 0.6) is 11.5 Å². The van der Waals surface area contributed by atoms with E-state index in [0.29, 0.717) is 37.0 Å². The smallest absolute Gasteiger partial charge is 0.334 e. The second-order valence-corrected chi connectivity index (χ2v) is 16.2. The maximum absolute atomic E-state index is 14.5. The molecule has 0 radical (unpaired) electrons. The number of nitrogens with two attached hydrogens (primary N) is 2. The number of nitrogen functional groups attached to an aromatic ring is 1. The second kappa shape index (κ2) is 28.0. The summed E-state index contributed by atoms with van der Waals surface area (Å²) in [7, 11) is 2.63. The first kappa shape index (κ1) is 57.3. The second-order valence-electron chi connectivity index (χ2n) is 14.9. The number of hydrogen-bond donors (Lipinski definition) is 6. The summed E-state index contributed by atoms with van der Waals surface area (Å²) in [5, 5.41) is 17.4. The minimum absolute atomic E-state index is 0. The van der Waals surface area contributed by atoms with Gasteiger partial charge >= 0.3 is 12.0 Å². The molecule has 3 aliphatic heterocycles. The summed E-state index contributed by atoms with van der Waals surface area (Å²) >= 11 is 19.1. The number of carbonyl (C=O) groups excluding carboxylic acids is 4. The molecule has 4 heterocycles. The summed E-state index contributed by atoms with van der Waals surface area (Å²) in [6.07, 6.45) is 0. The maximum atomic E-state index is 14.5. The third-order valence-electron chi connectivity index (χ3n) is 10.4. The summed E-state index contributed by atoms with van der Waals surface area (Å²) < 4.78 is 82.7. The Balaban J connectivity index is 0.000000225. The fraction of sp³-hybridized carbons (Fsp3) is 0.229. The molecule has 0 unspecified atom stereocenters. The number of cyclic esters (lactones) is 1. The molecule has 2 saturated heterocycles. The van der Waals surface area contributed by atoms with Crippen molar-refractivity contribution in [2.24, 2.45) is 16.6 Å². The third kappa shape index (κ3) is 15.7. The number of nitrogens with zero attached hydrogens (tertiary/aromatic N) is 3. The maximum Gasteiger partial charge on any atom is 0.334 e. The number of hydrogen-bond acceptors (Lipinski definition) is 14. The fourth-order valence-electron chi connectivity index (χ4n) is 6.90. The van der Waals surface area contributed by atoms with Crippen molar-refractivity contribution in [3.63, 3.8) is 0 Å². The minimum atomic E-state index is -0.995. The number of halogens is 8. The van der Waals surface area contributed by atoms with E-state index in [-0.39, 0.29) is 73.5 Å². The number of methoxy groups -OCH3 is 2. The van der Waals surface area contributed by atoms with E-state index in [1.54, 1.807) is 72.8 Å². The van der Waals surface area contributed by atoms with Crippen LogP contribution in [0.15, 0.2) is 106 Å². The predicted molar refractivity (Wildman–Crippen MR) is 276 cm³/mol. The minimum Gasteiger partial charge on any atom is -0.497 e. The lowest BCUT2D eigenvalue weighted by molar-refractivity contribution is -0.132. The molecule has 4 atom stereocenters. The number of alkyl halides is 1. The van der Waals surface area contributed by atoms with Gasteiger partial charge in [-0.25, -0.2) is 33.2 Å². The quantitative estimate of drug-likeness (QED) is 0.0152. The van der Waals surface area contributed by atoms with Gasteiger partial charge in [0, 0.05) is 93.4 Å². The van der Waals surface area contributed by atoms with Crippen LogP contribution in [0.1, 0.15) is 47.7 Å². The summed E-state index contributed by atoms with van der Waals surface area (Å²) in [6, 6.07) is 22.5. The van der Waals surface area contributed by atoms with Gasteiger partial charge in [-0.05, 0) is 77.7 Å². The third-order valence-corrected chi connectivity index (χ3v) is 11.2. The Morgan fingerprint density at radius 1 is 0.753 bits per heavy atom. The Kier molecular flexibility index (Phi) is 22.0. The predicted octanol–water partition coefficient (Wildman–Crippen LogP) is 8.16. The number of aromatic nitrogens is 2. The molecule has 0 aliphatic carbocycles. The Hall–Kier alpha value is -6.57. The lowest BCUT2D eigenvalue weighted by Crippen LogP contribution is -2.33. The highest BCUT2D eigenvalue weighted by Gasteiger charge is 2.40. The van der Waals surface area contributed by atoms with E-state index in [1.165, 1.54) is 14.2 Å². The lowest BCUT2D eigenvalue weighted by atomic mass is 9.93. The number of amides is 3. The van der Waals surface area contributed by atoms with E-state index < -0.39 is 59.0 Å². The first-order chi connectivity index (χ1) is 34.9. The molecule has 0 bridgehead atoms. The van der Waals surface area contributed by atoms with E-state index in [2.05, 4.69) is 31.1 Å². The van der Waals surface area contributed by atoms with Gasteiger partial charge in [0.1, 0.15) is 47.4 Å². The van der Waals surface area contributed by atoms with Crippen molar-refractivity contribution in [3.05, 3.63) is 158 Å². The summed E-state index contributed by atoms with van der Waals surface area (Å²) in [5.41, 5.74) is 9.12. The summed E-state index contributed by atoms with van der Waals surface area (Å²) in [6.45, 7) is 0.299. The molecule has 17 nitrogen and oxygen atoms in total. The fourth-order valence-corrected chi connectivity index (χ4v) is 7.28. The van der Waals surface area contributed by atoms with E-state index in [1.807, 2.05) is 28.0 Å². The van der Waals surface area contributed by atoms with Gasteiger partial charge in [0.15, 0.2) is 0 Å². The van der Waals surface area contributed by atoms with Crippen LogP contribution in [0.25, 0.3) is 11.5 Å². The molecule has 5 aromatic carbocycles. The molecule has 25 heteroatoms. The number of anilines is 1. The molecule has 0 spiro atoms. The van der Waals surface area contributed by atoms with Crippen molar-refractivity contribution in [2.75, 3.05) is 44.1 Å². The zero-order chi connectivity index (χ0) is 53.4. The molecule has 1 aromatic heterocycles. The van der Waals surface area contributed by atoms with Crippen molar-refractivity contribution in [1.82, 2.24) is 26.3 Å². The van der Waals surface area contributed by atoms with Crippen LogP contribution >= 0.6 is 57.4 Å². The molecular formula is C48H47Cl3F4IN9O8. The normalized spacial score (nSPS) is 17.3. The molecule has 0 saturated carbocycles. The largest absolute Gasteiger partial charge is 0.497 e. The number of ether oxygens (including phenoxy) is 3. The molecule has 9 rings (SSSR count). The molecular weight excluding hydrogens is 1140 g/mol. The standard InChI is InChI=1S/C19H15ClF2N4O3.C11H12F2N2O2.C9H6ClNO2.C7H7ClN2O.CH3I.CH4/c1-28-11-6-13(21)15(14(22)7-11)12-8-23-17(27)16(12)24-19-26-25-18(29-19)9-2-4-10(20)5-3-9;1-17-5-2-7(12)9(8(13)3-5)6-4-15-11(16)10(6)14;10-7-3-1-6(2-4-7)9-11-5-8(12)13-9;8-6-3-1-5(2-4-6)7(11)10-9;1-2;/h2-7,12,16H,8H2,1H3,(H,23,27)(H,24,26);2-3,6,10H,4,14H2,1H3,(H,15,16);1-4H,5H2;1-4H,9H2,(H,10,11);1H3;1H4/t12-,16-;6-,10-;;;;/m00..../s1/i;;;;1D;. The number of benzene rings is 5. The molecule has 3 amide bonds. The molecule has 388 valence electrons. The zero-order valence-corrected chi connectivity index (χ0v) is 42.1. The van der Waals surface area contributed by atoms with Gasteiger partial charge in [-0.15, -0.1) is 5.10 Å². The lowest BCUT2D eigenvalue weighted by Gasteiger charge is -2.19. The summed E-state index contributed by atoms with van der Waals surface area (Å²) in [5.74, 6) is -0.443. The number of hydrazine groups is 1. The number of rotatable bonds is 9. The van der Waals surface area contributed by atoms with Crippen molar-refractivity contribution in [1.29, 1.82) is 0 Å². The van der Waals surface area contributed by atoms with Crippen LogP contribution in [-0.4, -0.2) is 90.6 Å². The molecule has 73 heavy (non-hydrogen) atoms.